The minimum atomic E-state index is 0.764. The monoisotopic (exact) mass is 332 g/mol. The smallest absolute Gasteiger partial charge is 0.145 e. The first-order chi connectivity index (χ1) is 11.6. The van der Waals surface area contributed by atoms with Crippen LogP contribution in [-0.4, -0.2) is 9.55 Å². The molecule has 3 heteroatoms. The maximum absolute atomic E-state index is 6.37. The van der Waals surface area contributed by atoms with E-state index in [0.717, 1.165) is 38.7 Å². The molecule has 0 saturated carbocycles. The fourth-order valence-electron chi connectivity index (χ4n) is 2.90. The molecule has 0 unspecified atom stereocenters. The van der Waals surface area contributed by atoms with E-state index in [9.17, 15) is 0 Å². The Morgan fingerprint density at radius 3 is 2.38 bits per heavy atom. The third kappa shape index (κ3) is 2.49. The molecule has 1 heterocycles. The number of fused-ring (bicyclic) bond motifs is 1. The van der Waals surface area contributed by atoms with Gasteiger partial charge in [-0.25, -0.2) is 4.98 Å². The Morgan fingerprint density at radius 1 is 0.875 bits per heavy atom. The van der Waals surface area contributed by atoms with Crippen LogP contribution in [0.1, 0.15) is 11.1 Å². The van der Waals surface area contributed by atoms with Gasteiger partial charge in [0.25, 0.3) is 0 Å². The Morgan fingerprint density at radius 2 is 1.62 bits per heavy atom. The summed E-state index contributed by atoms with van der Waals surface area (Å²) in [6.07, 6.45) is 0. The number of benzene rings is 3. The number of hydrogen-bond donors (Lipinski definition) is 0. The Kier molecular flexibility index (Phi) is 3.62. The Labute approximate surface area is 146 Å². The number of aromatic nitrogens is 2. The highest BCUT2D eigenvalue weighted by molar-refractivity contribution is 6.31. The Balaban J connectivity index is 2.03. The van der Waals surface area contributed by atoms with E-state index < -0.39 is 0 Å². The molecular formula is C21H17ClN2. The minimum Gasteiger partial charge on any atom is -0.292 e. The van der Waals surface area contributed by atoms with Gasteiger partial charge in [-0.15, -0.1) is 0 Å². The van der Waals surface area contributed by atoms with Crippen molar-refractivity contribution in [1.29, 1.82) is 0 Å². The van der Waals surface area contributed by atoms with Crippen molar-refractivity contribution in [3.05, 3.63) is 82.9 Å². The van der Waals surface area contributed by atoms with Crippen LogP contribution in [-0.2, 0) is 0 Å². The zero-order chi connectivity index (χ0) is 16.7. The molecule has 3 aromatic carbocycles. The average molecular weight is 333 g/mol. The second kappa shape index (κ2) is 5.81. The van der Waals surface area contributed by atoms with Crippen LogP contribution in [0.15, 0.2) is 66.7 Å². The van der Waals surface area contributed by atoms with E-state index in [1.54, 1.807) is 0 Å². The largest absolute Gasteiger partial charge is 0.292 e. The van der Waals surface area contributed by atoms with Crippen LogP contribution >= 0.6 is 11.6 Å². The Hall–Kier alpha value is -2.58. The lowest BCUT2D eigenvalue weighted by molar-refractivity contribution is 1.10. The van der Waals surface area contributed by atoms with Gasteiger partial charge in [-0.2, -0.15) is 0 Å². The summed E-state index contributed by atoms with van der Waals surface area (Å²) >= 11 is 6.37. The first kappa shape index (κ1) is 15.0. The van der Waals surface area contributed by atoms with Crippen LogP contribution in [0.4, 0.5) is 0 Å². The van der Waals surface area contributed by atoms with Gasteiger partial charge in [0.05, 0.1) is 11.0 Å². The highest BCUT2D eigenvalue weighted by Gasteiger charge is 2.14. The van der Waals surface area contributed by atoms with Crippen molar-refractivity contribution in [2.45, 2.75) is 13.8 Å². The van der Waals surface area contributed by atoms with Crippen molar-refractivity contribution >= 4 is 22.6 Å². The molecule has 0 radical (unpaired) electrons. The highest BCUT2D eigenvalue weighted by Crippen LogP contribution is 2.30. The van der Waals surface area contributed by atoms with Crippen molar-refractivity contribution in [1.82, 2.24) is 9.55 Å². The first-order valence-electron chi connectivity index (χ1n) is 7.94. The van der Waals surface area contributed by atoms with Crippen molar-refractivity contribution in [2.24, 2.45) is 0 Å². The van der Waals surface area contributed by atoms with E-state index in [1.165, 1.54) is 5.56 Å². The molecule has 4 rings (SSSR count). The predicted molar refractivity (Wildman–Crippen MR) is 101 cm³/mol. The molecule has 0 N–H and O–H groups in total. The van der Waals surface area contributed by atoms with Gasteiger partial charge < -0.3 is 0 Å². The molecule has 0 saturated heterocycles. The summed E-state index contributed by atoms with van der Waals surface area (Å²) in [5.41, 5.74) is 6.47. The molecule has 0 bridgehead atoms. The molecule has 118 valence electrons. The summed E-state index contributed by atoms with van der Waals surface area (Å²) < 4.78 is 2.17. The number of imidazole rings is 1. The number of nitrogens with zero attached hydrogens (tertiary/aromatic N) is 2. The second-order valence-corrected chi connectivity index (χ2v) is 6.47. The molecule has 2 nitrogen and oxygen atoms in total. The summed E-state index contributed by atoms with van der Waals surface area (Å²) in [6.45, 7) is 4.10. The van der Waals surface area contributed by atoms with E-state index in [2.05, 4.69) is 47.9 Å². The zero-order valence-corrected chi connectivity index (χ0v) is 14.4. The van der Waals surface area contributed by atoms with Crippen LogP contribution < -0.4 is 0 Å². The molecule has 0 amide bonds. The lowest BCUT2D eigenvalue weighted by atomic mass is 10.1. The molecule has 0 fully saturated rings. The van der Waals surface area contributed by atoms with Gasteiger partial charge in [0.2, 0.25) is 0 Å². The number of aryl methyl sites for hydroxylation is 2. The topological polar surface area (TPSA) is 17.8 Å². The normalized spacial score (nSPS) is 11.1. The number of halogens is 1. The van der Waals surface area contributed by atoms with Crippen LogP contribution in [0.3, 0.4) is 0 Å². The maximum atomic E-state index is 6.37. The zero-order valence-electron chi connectivity index (χ0n) is 13.6. The maximum Gasteiger partial charge on any atom is 0.145 e. The van der Waals surface area contributed by atoms with Crippen molar-refractivity contribution in [3.63, 3.8) is 0 Å². The number of hydrogen-bond acceptors (Lipinski definition) is 1. The van der Waals surface area contributed by atoms with E-state index in [0.29, 0.717) is 0 Å². The fraction of sp³-hybridized carbons (Fsp3) is 0.0952. The summed E-state index contributed by atoms with van der Waals surface area (Å²) in [4.78, 5) is 4.86. The Bertz CT molecular complexity index is 1030. The summed E-state index contributed by atoms with van der Waals surface area (Å²) in [7, 11) is 0. The highest BCUT2D eigenvalue weighted by atomic mass is 35.5. The molecule has 0 aliphatic rings. The van der Waals surface area contributed by atoms with Crippen molar-refractivity contribution in [3.8, 4) is 17.1 Å². The molecule has 0 spiro atoms. The van der Waals surface area contributed by atoms with E-state index in [1.807, 2.05) is 37.3 Å². The molecule has 24 heavy (non-hydrogen) atoms. The fourth-order valence-corrected chi connectivity index (χ4v) is 3.08. The molecule has 0 atom stereocenters. The third-order valence-corrected chi connectivity index (χ3v) is 4.69. The van der Waals surface area contributed by atoms with Gasteiger partial charge in [0, 0.05) is 16.3 Å². The number of para-hydroxylation sites is 2. The third-order valence-electron chi connectivity index (χ3n) is 4.28. The molecular weight excluding hydrogens is 316 g/mol. The van der Waals surface area contributed by atoms with Crippen LogP contribution in [0.5, 0.6) is 0 Å². The lowest BCUT2D eigenvalue weighted by Gasteiger charge is -2.11. The number of rotatable bonds is 2. The van der Waals surface area contributed by atoms with Crippen LogP contribution in [0.2, 0.25) is 5.02 Å². The molecule has 4 aromatic rings. The van der Waals surface area contributed by atoms with Crippen molar-refractivity contribution in [2.75, 3.05) is 0 Å². The summed E-state index contributed by atoms with van der Waals surface area (Å²) in [6, 6.07) is 22.8. The van der Waals surface area contributed by atoms with Gasteiger partial charge in [0.15, 0.2) is 0 Å². The predicted octanol–water partition coefficient (Wildman–Crippen LogP) is 5.96. The van der Waals surface area contributed by atoms with Gasteiger partial charge >= 0.3 is 0 Å². The van der Waals surface area contributed by atoms with E-state index >= 15 is 0 Å². The van der Waals surface area contributed by atoms with Crippen LogP contribution in [0.25, 0.3) is 28.1 Å². The van der Waals surface area contributed by atoms with Crippen LogP contribution in [0, 0.1) is 13.8 Å². The SMILES string of the molecule is Cc1ccc(-c2nc3ccccc3n2-c2ccc(C)c(Cl)c2)cc1. The van der Waals surface area contributed by atoms with E-state index in [-0.39, 0.29) is 0 Å². The standard InChI is InChI=1S/C21H17ClN2/c1-14-7-10-16(11-8-14)21-23-19-5-3-4-6-20(19)24(21)17-12-9-15(2)18(22)13-17/h3-13H,1-2H3. The first-order valence-corrected chi connectivity index (χ1v) is 8.32. The van der Waals surface area contributed by atoms with Gasteiger partial charge in [0.1, 0.15) is 5.82 Å². The molecule has 1 aromatic heterocycles. The van der Waals surface area contributed by atoms with E-state index in [4.69, 9.17) is 16.6 Å². The summed E-state index contributed by atoms with van der Waals surface area (Å²) in [5.74, 6) is 0.927. The quantitative estimate of drug-likeness (QED) is 0.442. The van der Waals surface area contributed by atoms with Gasteiger partial charge in [-0.1, -0.05) is 59.6 Å². The van der Waals surface area contributed by atoms with Crippen molar-refractivity contribution < 1.29 is 0 Å². The van der Waals surface area contributed by atoms with Gasteiger partial charge in [-0.05, 0) is 43.7 Å². The van der Waals surface area contributed by atoms with Gasteiger partial charge in [-0.3, -0.25) is 4.57 Å². The average Bonchev–Trinajstić information content (AvgIpc) is 2.97. The summed E-state index contributed by atoms with van der Waals surface area (Å²) in [5, 5.41) is 0.764. The lowest BCUT2D eigenvalue weighted by Crippen LogP contribution is -1.98. The molecule has 0 aliphatic heterocycles. The second-order valence-electron chi connectivity index (χ2n) is 6.06. The molecule has 0 aliphatic carbocycles. The minimum absolute atomic E-state index is 0.764.